The molecule has 4 rings (SSSR count). The summed E-state index contributed by atoms with van der Waals surface area (Å²) in [5, 5.41) is 4.25. The van der Waals surface area contributed by atoms with Gasteiger partial charge >= 0.3 is 0 Å². The van der Waals surface area contributed by atoms with Gasteiger partial charge in [0.15, 0.2) is 5.78 Å². The molecule has 0 radical (unpaired) electrons. The van der Waals surface area contributed by atoms with E-state index in [0.29, 0.717) is 24.3 Å². The van der Waals surface area contributed by atoms with E-state index >= 15 is 0 Å². The Balaban J connectivity index is 1.64. The Morgan fingerprint density at radius 2 is 1.73 bits per heavy atom. The number of aromatic nitrogens is 2. The predicted octanol–water partition coefficient (Wildman–Crippen LogP) is 5.40. The van der Waals surface area contributed by atoms with Crippen LogP contribution in [0.2, 0.25) is 0 Å². The molecule has 4 nitrogen and oxygen atoms in total. The summed E-state index contributed by atoms with van der Waals surface area (Å²) in [6, 6.07) is 23.8. The Kier molecular flexibility index (Phi) is 5.75. The molecule has 0 unspecified atom stereocenters. The SMILES string of the molecule is Cc1cccc(CC(=O)c2ccc(-c3cnn(C)c3)cc2OCc2ccccc2)c1. The van der Waals surface area contributed by atoms with Gasteiger partial charge in [-0.25, -0.2) is 0 Å². The van der Waals surface area contributed by atoms with E-state index in [1.165, 1.54) is 0 Å². The third-order valence-electron chi connectivity index (χ3n) is 5.00. The molecule has 1 heterocycles. The Morgan fingerprint density at radius 3 is 2.47 bits per heavy atom. The molecular formula is C26H24N2O2. The zero-order valence-electron chi connectivity index (χ0n) is 17.2. The predicted molar refractivity (Wildman–Crippen MR) is 119 cm³/mol. The highest BCUT2D eigenvalue weighted by atomic mass is 16.5. The van der Waals surface area contributed by atoms with E-state index in [9.17, 15) is 4.79 Å². The average Bonchev–Trinajstić information content (AvgIpc) is 3.19. The topological polar surface area (TPSA) is 44.1 Å². The first-order valence-electron chi connectivity index (χ1n) is 9.97. The maximum atomic E-state index is 13.1. The number of aryl methyl sites for hydroxylation is 2. The lowest BCUT2D eigenvalue weighted by Gasteiger charge is -2.13. The zero-order chi connectivity index (χ0) is 20.9. The van der Waals surface area contributed by atoms with Crippen LogP contribution in [0.15, 0.2) is 85.2 Å². The Morgan fingerprint density at radius 1 is 0.933 bits per heavy atom. The minimum absolute atomic E-state index is 0.0430. The number of benzene rings is 3. The molecule has 0 aliphatic carbocycles. The van der Waals surface area contributed by atoms with E-state index in [1.807, 2.05) is 99.2 Å². The molecule has 0 saturated carbocycles. The summed E-state index contributed by atoms with van der Waals surface area (Å²) in [5.41, 5.74) is 5.76. The van der Waals surface area contributed by atoms with Crippen molar-refractivity contribution < 1.29 is 9.53 Å². The van der Waals surface area contributed by atoms with E-state index in [0.717, 1.165) is 27.8 Å². The van der Waals surface area contributed by atoms with Crippen LogP contribution in [0, 0.1) is 6.92 Å². The molecule has 0 atom stereocenters. The highest BCUT2D eigenvalue weighted by molar-refractivity contribution is 6.00. The monoisotopic (exact) mass is 396 g/mol. The van der Waals surface area contributed by atoms with Crippen LogP contribution < -0.4 is 4.74 Å². The number of ether oxygens (including phenoxy) is 1. The van der Waals surface area contributed by atoms with Gasteiger partial charge in [-0.15, -0.1) is 0 Å². The van der Waals surface area contributed by atoms with Gasteiger partial charge in [0.05, 0.1) is 11.8 Å². The standard InChI is InChI=1S/C26H24N2O2/c1-19-7-6-10-21(13-19)14-25(29)24-12-11-22(23-16-27-28(2)17-23)15-26(24)30-18-20-8-4-3-5-9-20/h3-13,15-17H,14,18H2,1-2H3. The van der Waals surface area contributed by atoms with Crippen LogP contribution in [0.3, 0.4) is 0 Å². The molecule has 0 saturated heterocycles. The van der Waals surface area contributed by atoms with Crippen LogP contribution in [0.1, 0.15) is 27.0 Å². The summed E-state index contributed by atoms with van der Waals surface area (Å²) >= 11 is 0. The molecular weight excluding hydrogens is 372 g/mol. The van der Waals surface area contributed by atoms with Crippen LogP contribution >= 0.6 is 0 Å². The fraction of sp³-hybridized carbons (Fsp3) is 0.154. The lowest BCUT2D eigenvalue weighted by Crippen LogP contribution is -2.07. The normalized spacial score (nSPS) is 10.7. The number of ketones is 1. The molecule has 0 aliphatic heterocycles. The molecule has 0 N–H and O–H groups in total. The van der Waals surface area contributed by atoms with Crippen LogP contribution in [0.25, 0.3) is 11.1 Å². The second-order valence-corrected chi connectivity index (χ2v) is 7.48. The second kappa shape index (κ2) is 8.78. The van der Waals surface area contributed by atoms with Gasteiger partial charge in [0.1, 0.15) is 12.4 Å². The van der Waals surface area contributed by atoms with Crippen molar-refractivity contribution in [2.45, 2.75) is 20.0 Å². The molecule has 4 aromatic rings. The first-order chi connectivity index (χ1) is 14.6. The van der Waals surface area contributed by atoms with E-state index in [1.54, 1.807) is 4.68 Å². The maximum Gasteiger partial charge on any atom is 0.170 e. The average molecular weight is 396 g/mol. The molecule has 4 heteroatoms. The quantitative estimate of drug-likeness (QED) is 0.393. The number of hydrogen-bond donors (Lipinski definition) is 0. The summed E-state index contributed by atoms with van der Waals surface area (Å²) in [6.07, 6.45) is 4.10. The number of carbonyl (C=O) groups excluding carboxylic acids is 1. The fourth-order valence-corrected chi connectivity index (χ4v) is 3.46. The summed E-state index contributed by atoms with van der Waals surface area (Å²) in [6.45, 7) is 2.44. The minimum Gasteiger partial charge on any atom is -0.488 e. The van der Waals surface area contributed by atoms with E-state index in [2.05, 4.69) is 5.10 Å². The van der Waals surface area contributed by atoms with Gasteiger partial charge in [-0.2, -0.15) is 5.10 Å². The van der Waals surface area contributed by atoms with Gasteiger partial charge in [0, 0.05) is 25.2 Å². The van der Waals surface area contributed by atoms with Crippen LogP contribution in [0.4, 0.5) is 0 Å². The highest BCUT2D eigenvalue weighted by Crippen LogP contribution is 2.29. The van der Waals surface area contributed by atoms with Gasteiger partial charge in [-0.3, -0.25) is 9.48 Å². The summed E-state index contributed by atoms with van der Waals surface area (Å²) in [4.78, 5) is 13.1. The molecule has 1 aromatic heterocycles. The summed E-state index contributed by atoms with van der Waals surface area (Å²) < 4.78 is 7.89. The smallest absolute Gasteiger partial charge is 0.170 e. The van der Waals surface area contributed by atoms with Crippen molar-refractivity contribution in [2.75, 3.05) is 0 Å². The number of Topliss-reactive ketones (excluding diaryl/α,β-unsaturated/α-hetero) is 1. The Bertz CT molecular complexity index is 1160. The Hall–Kier alpha value is -3.66. The molecule has 0 bridgehead atoms. The number of rotatable bonds is 7. The van der Waals surface area contributed by atoms with Crippen LogP contribution in [0.5, 0.6) is 5.75 Å². The third-order valence-corrected chi connectivity index (χ3v) is 5.00. The number of carbonyl (C=O) groups is 1. The maximum absolute atomic E-state index is 13.1. The lowest BCUT2D eigenvalue weighted by molar-refractivity contribution is 0.0988. The third kappa shape index (κ3) is 4.66. The molecule has 30 heavy (non-hydrogen) atoms. The molecule has 0 amide bonds. The van der Waals surface area contributed by atoms with Crippen molar-refractivity contribution in [3.8, 4) is 16.9 Å². The minimum atomic E-state index is 0.0430. The molecule has 0 spiro atoms. The number of nitrogens with zero attached hydrogens (tertiary/aromatic N) is 2. The van der Waals surface area contributed by atoms with Crippen molar-refractivity contribution in [3.05, 3.63) is 107 Å². The van der Waals surface area contributed by atoms with Crippen molar-refractivity contribution in [2.24, 2.45) is 7.05 Å². The Labute approximate surface area is 176 Å². The van der Waals surface area contributed by atoms with E-state index < -0.39 is 0 Å². The van der Waals surface area contributed by atoms with Crippen LogP contribution in [-0.4, -0.2) is 15.6 Å². The highest BCUT2D eigenvalue weighted by Gasteiger charge is 2.16. The van der Waals surface area contributed by atoms with E-state index in [4.69, 9.17) is 4.74 Å². The molecule has 0 aliphatic rings. The lowest BCUT2D eigenvalue weighted by atomic mass is 9.98. The zero-order valence-corrected chi connectivity index (χ0v) is 17.2. The largest absolute Gasteiger partial charge is 0.488 e. The molecule has 150 valence electrons. The summed E-state index contributed by atoms with van der Waals surface area (Å²) in [7, 11) is 1.88. The van der Waals surface area contributed by atoms with Crippen molar-refractivity contribution in [1.82, 2.24) is 9.78 Å². The van der Waals surface area contributed by atoms with Crippen molar-refractivity contribution in [3.63, 3.8) is 0 Å². The first-order valence-corrected chi connectivity index (χ1v) is 9.97. The number of hydrogen-bond acceptors (Lipinski definition) is 3. The van der Waals surface area contributed by atoms with Gasteiger partial charge < -0.3 is 4.74 Å². The molecule has 3 aromatic carbocycles. The van der Waals surface area contributed by atoms with Gasteiger partial charge in [-0.05, 0) is 35.7 Å². The van der Waals surface area contributed by atoms with Crippen molar-refractivity contribution in [1.29, 1.82) is 0 Å². The molecule has 0 fully saturated rings. The van der Waals surface area contributed by atoms with Gasteiger partial charge in [0.25, 0.3) is 0 Å². The fourth-order valence-electron chi connectivity index (χ4n) is 3.46. The van der Waals surface area contributed by atoms with Crippen LogP contribution in [-0.2, 0) is 20.1 Å². The van der Waals surface area contributed by atoms with E-state index in [-0.39, 0.29) is 5.78 Å². The van der Waals surface area contributed by atoms with Crippen molar-refractivity contribution >= 4 is 5.78 Å². The second-order valence-electron chi connectivity index (χ2n) is 7.48. The van der Waals surface area contributed by atoms with Gasteiger partial charge in [-0.1, -0.05) is 66.2 Å². The van der Waals surface area contributed by atoms with Gasteiger partial charge in [0.2, 0.25) is 0 Å². The summed E-state index contributed by atoms with van der Waals surface area (Å²) in [5.74, 6) is 0.638. The first kappa shape index (κ1) is 19.6.